The number of nitrogens with zero attached hydrogens (tertiary/aromatic N) is 2. The van der Waals surface area contributed by atoms with Crippen molar-refractivity contribution in [3.05, 3.63) is 40.5 Å². The summed E-state index contributed by atoms with van der Waals surface area (Å²) in [4.78, 5) is 19.8. The maximum Gasteiger partial charge on any atom is 0.339 e. The summed E-state index contributed by atoms with van der Waals surface area (Å²) in [6, 6.07) is 3.12. The molecule has 5 nitrogen and oxygen atoms in total. The number of thiazole rings is 1. The summed E-state index contributed by atoms with van der Waals surface area (Å²) in [6.45, 7) is 0.530. The van der Waals surface area contributed by atoms with Crippen LogP contribution in [0, 0.1) is 0 Å². The molecule has 0 bridgehead atoms. The van der Waals surface area contributed by atoms with Crippen LogP contribution in [-0.2, 0) is 6.54 Å². The van der Waals surface area contributed by atoms with Crippen LogP contribution < -0.4 is 5.32 Å². The zero-order valence-corrected chi connectivity index (χ0v) is 9.07. The van der Waals surface area contributed by atoms with E-state index in [1.165, 1.54) is 17.4 Å². The van der Waals surface area contributed by atoms with Gasteiger partial charge in [-0.2, -0.15) is 0 Å². The molecule has 2 aromatic heterocycles. The predicted molar refractivity (Wildman–Crippen MR) is 60.6 cm³/mol. The molecule has 0 amide bonds. The molecular formula is C10H9N3O2S. The normalized spacial score (nSPS) is 10.0. The van der Waals surface area contributed by atoms with Crippen LogP contribution in [0.2, 0.25) is 0 Å². The van der Waals surface area contributed by atoms with Gasteiger partial charge in [-0.3, -0.25) is 4.98 Å². The Hall–Kier alpha value is -1.95. The number of aromatic carboxylic acids is 1. The van der Waals surface area contributed by atoms with Gasteiger partial charge in [-0.05, 0) is 12.1 Å². The van der Waals surface area contributed by atoms with E-state index in [1.54, 1.807) is 24.0 Å². The highest BCUT2D eigenvalue weighted by molar-refractivity contribution is 7.09. The molecule has 16 heavy (non-hydrogen) atoms. The monoisotopic (exact) mass is 235 g/mol. The van der Waals surface area contributed by atoms with Crippen LogP contribution >= 0.6 is 11.3 Å². The average molecular weight is 235 g/mol. The average Bonchev–Trinajstić information content (AvgIpc) is 2.79. The van der Waals surface area contributed by atoms with Crippen LogP contribution in [0.25, 0.3) is 0 Å². The van der Waals surface area contributed by atoms with Crippen molar-refractivity contribution in [1.82, 2.24) is 9.97 Å². The summed E-state index contributed by atoms with van der Waals surface area (Å²) < 4.78 is 0. The lowest BCUT2D eigenvalue weighted by Gasteiger charge is -2.06. The molecule has 2 N–H and O–H groups in total. The highest BCUT2D eigenvalue weighted by Gasteiger charge is 2.09. The largest absolute Gasteiger partial charge is 0.478 e. The first-order valence-corrected chi connectivity index (χ1v) is 5.45. The summed E-state index contributed by atoms with van der Waals surface area (Å²) in [5.41, 5.74) is 1.90. The van der Waals surface area contributed by atoms with Crippen LogP contribution in [0.15, 0.2) is 30.0 Å². The maximum atomic E-state index is 10.9. The molecule has 0 atom stereocenters. The number of anilines is 1. The molecule has 0 fully saturated rings. The standard InChI is InChI=1S/C10H9N3O2S/c14-10(15)8-2-1-3-12-9(8)13-5-7-4-11-6-16-7/h1-4,6H,5H2,(H,12,13)(H,14,15). The summed E-state index contributed by atoms with van der Waals surface area (Å²) in [5.74, 6) is -0.608. The van der Waals surface area contributed by atoms with E-state index in [2.05, 4.69) is 15.3 Å². The highest BCUT2D eigenvalue weighted by atomic mass is 32.1. The van der Waals surface area contributed by atoms with Gasteiger partial charge in [0.1, 0.15) is 11.4 Å². The van der Waals surface area contributed by atoms with Gasteiger partial charge in [0, 0.05) is 17.3 Å². The Kier molecular flexibility index (Phi) is 3.11. The molecule has 0 spiro atoms. The third-order valence-corrected chi connectivity index (χ3v) is 2.73. The fourth-order valence-electron chi connectivity index (χ4n) is 1.22. The van der Waals surface area contributed by atoms with E-state index in [-0.39, 0.29) is 5.56 Å². The van der Waals surface area contributed by atoms with E-state index in [1.807, 2.05) is 0 Å². The van der Waals surface area contributed by atoms with Crippen LogP contribution in [0.5, 0.6) is 0 Å². The van der Waals surface area contributed by atoms with Gasteiger partial charge in [-0.1, -0.05) is 0 Å². The second-order valence-corrected chi connectivity index (χ2v) is 4.00. The van der Waals surface area contributed by atoms with E-state index in [0.29, 0.717) is 12.4 Å². The van der Waals surface area contributed by atoms with Crippen molar-refractivity contribution < 1.29 is 9.90 Å². The smallest absolute Gasteiger partial charge is 0.339 e. The van der Waals surface area contributed by atoms with Gasteiger partial charge >= 0.3 is 5.97 Å². The number of nitrogens with one attached hydrogen (secondary N) is 1. The van der Waals surface area contributed by atoms with Crippen LogP contribution in [0.4, 0.5) is 5.82 Å². The van der Waals surface area contributed by atoms with Crippen molar-refractivity contribution in [1.29, 1.82) is 0 Å². The van der Waals surface area contributed by atoms with Gasteiger partial charge in [0.05, 0.1) is 12.1 Å². The molecule has 6 heteroatoms. The summed E-state index contributed by atoms with van der Waals surface area (Å²) in [6.07, 6.45) is 3.29. The van der Waals surface area contributed by atoms with Gasteiger partial charge in [-0.25, -0.2) is 9.78 Å². The number of carboxylic acids is 1. The SMILES string of the molecule is O=C(O)c1cccnc1NCc1cncs1. The second kappa shape index (κ2) is 4.71. The van der Waals surface area contributed by atoms with Crippen molar-refractivity contribution in [3.63, 3.8) is 0 Å². The summed E-state index contributed by atoms with van der Waals surface area (Å²) in [7, 11) is 0. The molecule has 2 rings (SSSR count). The highest BCUT2D eigenvalue weighted by Crippen LogP contribution is 2.14. The Labute approximate surface area is 95.8 Å². The predicted octanol–water partition coefficient (Wildman–Crippen LogP) is 1.85. The minimum atomic E-state index is -0.986. The molecule has 0 aliphatic rings. The third-order valence-electron chi connectivity index (χ3n) is 1.95. The lowest BCUT2D eigenvalue weighted by molar-refractivity contribution is 0.0697. The second-order valence-electron chi connectivity index (χ2n) is 3.03. The first-order chi connectivity index (χ1) is 7.77. The van der Waals surface area contributed by atoms with E-state index in [9.17, 15) is 4.79 Å². The van der Waals surface area contributed by atoms with Gasteiger partial charge in [0.15, 0.2) is 0 Å². The molecular weight excluding hydrogens is 226 g/mol. The number of pyridine rings is 1. The first-order valence-electron chi connectivity index (χ1n) is 4.57. The minimum absolute atomic E-state index is 0.173. The first kappa shape index (κ1) is 10.6. The molecule has 0 saturated heterocycles. The summed E-state index contributed by atoms with van der Waals surface area (Å²) >= 11 is 1.51. The molecule has 2 heterocycles. The number of carboxylic acid groups (broad SMARTS) is 1. The quantitative estimate of drug-likeness (QED) is 0.845. The van der Waals surface area contributed by atoms with Crippen LogP contribution in [0.1, 0.15) is 15.2 Å². The Morgan fingerprint density at radius 2 is 2.44 bits per heavy atom. The van der Waals surface area contributed by atoms with Gasteiger partial charge in [0.2, 0.25) is 0 Å². The lowest BCUT2D eigenvalue weighted by Crippen LogP contribution is -2.07. The van der Waals surface area contributed by atoms with Crippen LogP contribution in [-0.4, -0.2) is 21.0 Å². The molecule has 0 aliphatic carbocycles. The summed E-state index contributed by atoms with van der Waals surface area (Å²) in [5, 5.41) is 11.9. The molecule has 0 unspecified atom stereocenters. The topological polar surface area (TPSA) is 75.1 Å². The van der Waals surface area contributed by atoms with Crippen molar-refractivity contribution in [3.8, 4) is 0 Å². The van der Waals surface area contributed by atoms with Crippen molar-refractivity contribution in [2.45, 2.75) is 6.54 Å². The van der Waals surface area contributed by atoms with E-state index >= 15 is 0 Å². The third kappa shape index (κ3) is 2.34. The van der Waals surface area contributed by atoms with E-state index < -0.39 is 5.97 Å². The van der Waals surface area contributed by atoms with Crippen LogP contribution in [0.3, 0.4) is 0 Å². The molecule has 0 saturated carbocycles. The number of carbonyl (C=O) groups is 1. The van der Waals surface area contributed by atoms with Crippen molar-refractivity contribution in [2.75, 3.05) is 5.32 Å². The minimum Gasteiger partial charge on any atom is -0.478 e. The zero-order chi connectivity index (χ0) is 11.4. The van der Waals surface area contributed by atoms with E-state index in [0.717, 1.165) is 4.88 Å². The number of hydrogen-bond acceptors (Lipinski definition) is 5. The Morgan fingerprint density at radius 3 is 3.12 bits per heavy atom. The lowest BCUT2D eigenvalue weighted by atomic mass is 10.2. The van der Waals surface area contributed by atoms with Gasteiger partial charge < -0.3 is 10.4 Å². The number of aromatic nitrogens is 2. The van der Waals surface area contributed by atoms with Crippen molar-refractivity contribution >= 4 is 23.1 Å². The fourth-order valence-corrected chi connectivity index (χ4v) is 1.75. The van der Waals surface area contributed by atoms with Gasteiger partial charge in [0.25, 0.3) is 0 Å². The Balaban J connectivity index is 2.12. The number of hydrogen-bond donors (Lipinski definition) is 2. The maximum absolute atomic E-state index is 10.9. The molecule has 0 radical (unpaired) electrons. The number of rotatable bonds is 4. The fraction of sp³-hybridized carbons (Fsp3) is 0.100. The van der Waals surface area contributed by atoms with E-state index in [4.69, 9.17) is 5.11 Å². The molecule has 82 valence electrons. The molecule has 0 aliphatic heterocycles. The van der Waals surface area contributed by atoms with Crippen molar-refractivity contribution in [2.24, 2.45) is 0 Å². The molecule has 0 aromatic carbocycles. The van der Waals surface area contributed by atoms with Gasteiger partial charge in [-0.15, -0.1) is 11.3 Å². The molecule has 2 aromatic rings. The Morgan fingerprint density at radius 1 is 1.56 bits per heavy atom. The Bertz CT molecular complexity index is 485. The zero-order valence-electron chi connectivity index (χ0n) is 8.25.